The number of hydrogen-bond acceptors (Lipinski definition) is 3. The predicted molar refractivity (Wildman–Crippen MR) is 76.1 cm³/mol. The van der Waals surface area contributed by atoms with Crippen LogP contribution < -0.4 is 5.32 Å². The summed E-state index contributed by atoms with van der Waals surface area (Å²) in [6.07, 6.45) is 1.53. The van der Waals surface area contributed by atoms with Gasteiger partial charge >= 0.3 is 5.97 Å². The summed E-state index contributed by atoms with van der Waals surface area (Å²) in [6, 6.07) is 10.2. The second-order valence-electron chi connectivity index (χ2n) is 4.43. The van der Waals surface area contributed by atoms with Crippen LogP contribution >= 0.6 is 11.8 Å². The maximum Gasteiger partial charge on any atom is 0.323 e. The van der Waals surface area contributed by atoms with Crippen LogP contribution in [0.3, 0.4) is 0 Å². The number of rotatable bonds is 8. The Labute approximate surface area is 113 Å². The lowest BCUT2D eigenvalue weighted by atomic mass is 9.96. The van der Waals surface area contributed by atoms with E-state index < -0.39 is 11.5 Å². The van der Waals surface area contributed by atoms with Crippen LogP contribution in [0.15, 0.2) is 35.2 Å². The van der Waals surface area contributed by atoms with Crippen molar-refractivity contribution in [3.63, 3.8) is 0 Å². The fourth-order valence-electron chi connectivity index (χ4n) is 1.79. The average molecular weight is 267 g/mol. The molecule has 0 radical (unpaired) electrons. The molecule has 0 saturated carbocycles. The number of nitrogens with one attached hydrogen (secondary N) is 1. The molecule has 0 fully saturated rings. The van der Waals surface area contributed by atoms with Gasteiger partial charge in [-0.05, 0) is 44.2 Å². The van der Waals surface area contributed by atoms with Crippen molar-refractivity contribution < 1.29 is 9.90 Å². The quantitative estimate of drug-likeness (QED) is 0.561. The topological polar surface area (TPSA) is 49.3 Å². The first kappa shape index (κ1) is 15.1. The molecular formula is C14H21NO2S. The third-order valence-corrected chi connectivity index (χ3v) is 3.97. The van der Waals surface area contributed by atoms with E-state index in [0.29, 0.717) is 13.0 Å². The van der Waals surface area contributed by atoms with Crippen molar-refractivity contribution in [1.29, 1.82) is 0 Å². The molecule has 1 atom stereocenters. The molecule has 0 bridgehead atoms. The molecule has 100 valence electrons. The zero-order valence-electron chi connectivity index (χ0n) is 11.0. The number of aliphatic carboxylic acids is 1. The van der Waals surface area contributed by atoms with Gasteiger partial charge in [0.1, 0.15) is 5.54 Å². The molecule has 1 aromatic rings. The van der Waals surface area contributed by atoms with E-state index in [-0.39, 0.29) is 0 Å². The van der Waals surface area contributed by atoms with Gasteiger partial charge in [-0.2, -0.15) is 0 Å². The standard InChI is InChI=1S/C14H21NO2S/c1-3-15-14(2,13(16)17)10-7-11-18-12-8-5-4-6-9-12/h4-6,8-9,15H,3,7,10-11H2,1-2H3,(H,16,17). The SMILES string of the molecule is CCNC(C)(CCCSc1ccccc1)C(=O)O. The van der Waals surface area contributed by atoms with Gasteiger partial charge in [-0.3, -0.25) is 4.79 Å². The molecular weight excluding hydrogens is 246 g/mol. The second-order valence-corrected chi connectivity index (χ2v) is 5.60. The van der Waals surface area contributed by atoms with Crippen LogP contribution in [-0.4, -0.2) is 28.9 Å². The van der Waals surface area contributed by atoms with Crippen molar-refractivity contribution in [3.05, 3.63) is 30.3 Å². The largest absolute Gasteiger partial charge is 0.480 e. The third-order valence-electron chi connectivity index (χ3n) is 2.87. The highest BCUT2D eigenvalue weighted by Crippen LogP contribution is 2.21. The number of thioether (sulfide) groups is 1. The van der Waals surface area contributed by atoms with E-state index in [2.05, 4.69) is 17.4 Å². The minimum Gasteiger partial charge on any atom is -0.480 e. The van der Waals surface area contributed by atoms with E-state index in [4.69, 9.17) is 0 Å². The zero-order valence-corrected chi connectivity index (χ0v) is 11.8. The summed E-state index contributed by atoms with van der Waals surface area (Å²) < 4.78 is 0. The normalized spacial score (nSPS) is 14.1. The van der Waals surface area contributed by atoms with E-state index in [1.165, 1.54) is 4.90 Å². The van der Waals surface area contributed by atoms with Gasteiger partial charge in [0.15, 0.2) is 0 Å². The molecule has 0 aromatic heterocycles. The Hall–Kier alpha value is -1.00. The van der Waals surface area contributed by atoms with Crippen molar-refractivity contribution in [2.24, 2.45) is 0 Å². The molecule has 1 unspecified atom stereocenters. The van der Waals surface area contributed by atoms with E-state index in [9.17, 15) is 9.90 Å². The lowest BCUT2D eigenvalue weighted by Gasteiger charge is -2.25. The van der Waals surface area contributed by atoms with Gasteiger partial charge in [0.2, 0.25) is 0 Å². The first-order valence-electron chi connectivity index (χ1n) is 6.25. The number of carboxylic acid groups (broad SMARTS) is 1. The molecule has 0 amide bonds. The Bertz CT molecular complexity index is 369. The maximum atomic E-state index is 11.2. The summed E-state index contributed by atoms with van der Waals surface area (Å²) >= 11 is 1.77. The fourth-order valence-corrected chi connectivity index (χ4v) is 2.67. The van der Waals surface area contributed by atoms with Crippen molar-refractivity contribution in [2.45, 2.75) is 37.1 Å². The summed E-state index contributed by atoms with van der Waals surface area (Å²) in [5, 5.41) is 12.3. The lowest BCUT2D eigenvalue weighted by Crippen LogP contribution is -2.49. The van der Waals surface area contributed by atoms with E-state index in [1.807, 2.05) is 25.1 Å². The van der Waals surface area contributed by atoms with Gasteiger partial charge < -0.3 is 10.4 Å². The number of carbonyl (C=O) groups is 1. The molecule has 0 aliphatic rings. The average Bonchev–Trinajstić information content (AvgIpc) is 2.36. The Morgan fingerprint density at radius 1 is 1.39 bits per heavy atom. The highest BCUT2D eigenvalue weighted by molar-refractivity contribution is 7.99. The predicted octanol–water partition coefficient (Wildman–Crippen LogP) is 3.01. The molecule has 1 rings (SSSR count). The summed E-state index contributed by atoms with van der Waals surface area (Å²) in [5.41, 5.74) is -0.800. The van der Waals surface area contributed by atoms with Crippen LogP contribution in [0.2, 0.25) is 0 Å². The summed E-state index contributed by atoms with van der Waals surface area (Å²) in [4.78, 5) is 12.4. The Morgan fingerprint density at radius 3 is 2.61 bits per heavy atom. The van der Waals surface area contributed by atoms with Crippen LogP contribution in [0.1, 0.15) is 26.7 Å². The van der Waals surface area contributed by atoms with E-state index >= 15 is 0 Å². The Balaban J connectivity index is 2.34. The highest BCUT2D eigenvalue weighted by Gasteiger charge is 2.30. The monoisotopic (exact) mass is 267 g/mol. The smallest absolute Gasteiger partial charge is 0.323 e. The lowest BCUT2D eigenvalue weighted by molar-refractivity contribution is -0.144. The van der Waals surface area contributed by atoms with Gasteiger partial charge in [-0.25, -0.2) is 0 Å². The van der Waals surface area contributed by atoms with Gasteiger partial charge in [0, 0.05) is 4.90 Å². The fraction of sp³-hybridized carbons (Fsp3) is 0.500. The second kappa shape index (κ2) is 7.44. The Morgan fingerprint density at radius 2 is 2.06 bits per heavy atom. The number of benzene rings is 1. The summed E-state index contributed by atoms with van der Waals surface area (Å²) in [6.45, 7) is 4.36. The minimum absolute atomic E-state index is 0.649. The highest BCUT2D eigenvalue weighted by atomic mass is 32.2. The minimum atomic E-state index is -0.800. The van der Waals surface area contributed by atoms with Crippen LogP contribution in [0.25, 0.3) is 0 Å². The molecule has 0 aliphatic heterocycles. The van der Waals surface area contributed by atoms with Crippen molar-refractivity contribution in [3.8, 4) is 0 Å². The first-order valence-corrected chi connectivity index (χ1v) is 7.23. The molecule has 0 aliphatic carbocycles. The maximum absolute atomic E-state index is 11.2. The van der Waals surface area contributed by atoms with Crippen molar-refractivity contribution >= 4 is 17.7 Å². The van der Waals surface area contributed by atoms with Crippen LogP contribution in [0.5, 0.6) is 0 Å². The Kier molecular flexibility index (Phi) is 6.22. The molecule has 2 N–H and O–H groups in total. The van der Waals surface area contributed by atoms with E-state index in [1.54, 1.807) is 18.7 Å². The molecule has 1 aromatic carbocycles. The zero-order chi connectivity index (χ0) is 13.4. The van der Waals surface area contributed by atoms with E-state index in [0.717, 1.165) is 12.2 Å². The molecule has 0 saturated heterocycles. The van der Waals surface area contributed by atoms with Gasteiger partial charge in [0.25, 0.3) is 0 Å². The van der Waals surface area contributed by atoms with Crippen molar-refractivity contribution in [1.82, 2.24) is 5.32 Å². The molecule has 18 heavy (non-hydrogen) atoms. The van der Waals surface area contributed by atoms with Gasteiger partial charge in [-0.15, -0.1) is 11.8 Å². The van der Waals surface area contributed by atoms with Crippen molar-refractivity contribution in [2.75, 3.05) is 12.3 Å². The molecule has 4 heteroatoms. The summed E-state index contributed by atoms with van der Waals surface area (Å²) in [7, 11) is 0. The summed E-state index contributed by atoms with van der Waals surface area (Å²) in [5.74, 6) is 0.173. The number of carboxylic acids is 1. The number of hydrogen-bond donors (Lipinski definition) is 2. The van der Waals surface area contributed by atoms with Crippen LogP contribution in [-0.2, 0) is 4.79 Å². The van der Waals surface area contributed by atoms with Crippen LogP contribution in [0.4, 0.5) is 0 Å². The molecule has 3 nitrogen and oxygen atoms in total. The van der Waals surface area contributed by atoms with Crippen LogP contribution in [0, 0.1) is 0 Å². The third kappa shape index (κ3) is 4.70. The molecule has 0 heterocycles. The first-order chi connectivity index (χ1) is 8.58. The van der Waals surface area contributed by atoms with Gasteiger partial charge in [-0.1, -0.05) is 25.1 Å². The molecule has 0 spiro atoms. The number of likely N-dealkylation sites (N-methyl/N-ethyl adjacent to an activating group) is 1. The van der Waals surface area contributed by atoms with Gasteiger partial charge in [0.05, 0.1) is 0 Å².